The lowest BCUT2D eigenvalue weighted by molar-refractivity contribution is -0.140. The van der Waals surface area contributed by atoms with Gasteiger partial charge in [-0.3, -0.25) is 0 Å². The molecule has 0 atom stereocenters. The minimum atomic E-state index is -4.77. The Morgan fingerprint density at radius 1 is 1.19 bits per heavy atom. The number of hydrogen-bond donors (Lipinski definition) is 0. The lowest BCUT2D eigenvalue weighted by atomic mass is 9.90. The van der Waals surface area contributed by atoms with Crippen LogP contribution in [-0.4, -0.2) is 12.6 Å². The molecule has 1 aromatic rings. The largest absolute Gasteiger partial charge is 0.462 e. The number of carbonyl (C=O) groups is 1. The van der Waals surface area contributed by atoms with Gasteiger partial charge in [0.15, 0.2) is 0 Å². The molecule has 0 radical (unpaired) electrons. The lowest BCUT2D eigenvalue weighted by Gasteiger charge is -2.21. The average Bonchev–Trinajstić information content (AvgIpc) is 2.44. The van der Waals surface area contributed by atoms with Crippen molar-refractivity contribution < 1.29 is 27.1 Å². The highest BCUT2D eigenvalue weighted by molar-refractivity contribution is 5.89. The van der Waals surface area contributed by atoms with E-state index < -0.39 is 23.5 Å². The zero-order chi connectivity index (χ0) is 15.5. The van der Waals surface area contributed by atoms with Gasteiger partial charge in [0.1, 0.15) is 5.82 Å². The van der Waals surface area contributed by atoms with E-state index in [1.165, 1.54) is 6.42 Å². The van der Waals surface area contributed by atoms with Crippen molar-refractivity contribution in [2.75, 3.05) is 6.61 Å². The molecule has 0 unspecified atom stereocenters. The van der Waals surface area contributed by atoms with E-state index in [9.17, 15) is 22.4 Å². The predicted octanol–water partition coefficient (Wildman–Crippen LogP) is 4.58. The number of hydrogen-bond acceptors (Lipinski definition) is 2. The molecule has 2 rings (SSSR count). The van der Waals surface area contributed by atoms with E-state index in [2.05, 4.69) is 0 Å². The first-order valence-electron chi connectivity index (χ1n) is 6.92. The van der Waals surface area contributed by atoms with Gasteiger partial charge in [0.05, 0.1) is 17.7 Å². The first-order chi connectivity index (χ1) is 9.88. The van der Waals surface area contributed by atoms with Gasteiger partial charge in [0.25, 0.3) is 0 Å². The second-order valence-corrected chi connectivity index (χ2v) is 5.29. The molecule has 116 valence electrons. The summed E-state index contributed by atoms with van der Waals surface area (Å²) in [6.07, 6.45) is 0.556. The summed E-state index contributed by atoms with van der Waals surface area (Å²) in [6, 6.07) is 2.08. The van der Waals surface area contributed by atoms with Crippen LogP contribution >= 0.6 is 0 Å². The van der Waals surface area contributed by atoms with Crippen molar-refractivity contribution in [3.05, 3.63) is 35.1 Å². The molecule has 0 aromatic heterocycles. The third kappa shape index (κ3) is 4.19. The van der Waals surface area contributed by atoms with Gasteiger partial charge >= 0.3 is 12.1 Å². The third-order valence-electron chi connectivity index (χ3n) is 3.69. The van der Waals surface area contributed by atoms with Crippen LogP contribution in [-0.2, 0) is 10.9 Å². The molecule has 6 heteroatoms. The topological polar surface area (TPSA) is 26.3 Å². The minimum Gasteiger partial charge on any atom is -0.462 e. The molecule has 0 saturated heterocycles. The fraction of sp³-hybridized carbons (Fsp3) is 0.533. The highest BCUT2D eigenvalue weighted by atomic mass is 19.4. The summed E-state index contributed by atoms with van der Waals surface area (Å²) in [5, 5.41) is 0. The van der Waals surface area contributed by atoms with E-state index in [1.54, 1.807) is 0 Å². The Labute approximate surface area is 120 Å². The van der Waals surface area contributed by atoms with Crippen LogP contribution in [0.15, 0.2) is 18.2 Å². The smallest absolute Gasteiger partial charge is 0.419 e. The molecular formula is C15H16F4O2. The summed E-state index contributed by atoms with van der Waals surface area (Å²) in [7, 11) is 0. The Balaban J connectivity index is 1.97. The van der Waals surface area contributed by atoms with Crippen LogP contribution in [0, 0.1) is 11.7 Å². The average molecular weight is 304 g/mol. The summed E-state index contributed by atoms with van der Waals surface area (Å²) in [4.78, 5) is 11.7. The summed E-state index contributed by atoms with van der Waals surface area (Å²) in [5.41, 5.74) is -1.58. The van der Waals surface area contributed by atoms with Crippen LogP contribution in [0.2, 0.25) is 0 Å². The molecule has 0 aliphatic heterocycles. The van der Waals surface area contributed by atoms with Crippen LogP contribution in [0.1, 0.15) is 48.0 Å². The zero-order valence-corrected chi connectivity index (χ0v) is 11.4. The molecule has 0 bridgehead atoms. The third-order valence-corrected chi connectivity index (χ3v) is 3.69. The molecule has 2 nitrogen and oxygen atoms in total. The first-order valence-corrected chi connectivity index (χ1v) is 6.92. The van der Waals surface area contributed by atoms with Gasteiger partial charge in [0.2, 0.25) is 0 Å². The van der Waals surface area contributed by atoms with Crippen molar-refractivity contribution in [3.8, 4) is 0 Å². The number of carbonyl (C=O) groups excluding carboxylic acids is 1. The normalized spacial score (nSPS) is 16.8. The molecule has 21 heavy (non-hydrogen) atoms. The molecular weight excluding hydrogens is 288 g/mol. The molecule has 1 fully saturated rings. The maximum absolute atomic E-state index is 13.4. The molecule has 0 amide bonds. The highest BCUT2D eigenvalue weighted by Gasteiger charge is 2.34. The van der Waals surface area contributed by atoms with Crippen LogP contribution < -0.4 is 0 Å². The first kappa shape index (κ1) is 15.8. The van der Waals surface area contributed by atoms with Gasteiger partial charge in [0, 0.05) is 0 Å². The standard InChI is InChI=1S/C15H16F4O2/c16-13-8-11(6-7-12(13)15(17,18)19)14(20)21-9-10-4-2-1-3-5-10/h6-8,10H,1-5,9H2. The molecule has 1 saturated carbocycles. The maximum atomic E-state index is 13.4. The van der Waals surface area contributed by atoms with Gasteiger partial charge < -0.3 is 4.74 Å². The number of halogens is 4. The van der Waals surface area contributed by atoms with Crippen LogP contribution in [0.5, 0.6) is 0 Å². The van der Waals surface area contributed by atoms with Crippen LogP contribution in [0.25, 0.3) is 0 Å². The van der Waals surface area contributed by atoms with E-state index in [1.807, 2.05) is 0 Å². The molecule has 1 aromatic carbocycles. The maximum Gasteiger partial charge on any atom is 0.419 e. The molecule has 0 N–H and O–H groups in total. The van der Waals surface area contributed by atoms with Gasteiger partial charge in [-0.05, 0) is 37.0 Å². The monoisotopic (exact) mass is 304 g/mol. The zero-order valence-electron chi connectivity index (χ0n) is 11.4. The number of ether oxygens (including phenoxy) is 1. The van der Waals surface area contributed by atoms with E-state index in [-0.39, 0.29) is 12.2 Å². The fourth-order valence-electron chi connectivity index (χ4n) is 2.50. The molecule has 0 heterocycles. The number of alkyl halides is 3. The summed E-state index contributed by atoms with van der Waals surface area (Å²) < 4.78 is 55.7. The van der Waals surface area contributed by atoms with E-state index >= 15 is 0 Å². The van der Waals surface area contributed by atoms with Crippen molar-refractivity contribution in [2.45, 2.75) is 38.3 Å². The summed E-state index contributed by atoms with van der Waals surface area (Å²) in [6.45, 7) is 0.238. The number of esters is 1. The van der Waals surface area contributed by atoms with Crippen molar-refractivity contribution in [1.82, 2.24) is 0 Å². The molecule has 0 spiro atoms. The van der Waals surface area contributed by atoms with E-state index in [4.69, 9.17) is 4.74 Å². The molecule has 1 aliphatic carbocycles. The second kappa shape index (κ2) is 6.45. The molecule has 1 aliphatic rings. The van der Waals surface area contributed by atoms with Crippen molar-refractivity contribution in [3.63, 3.8) is 0 Å². The van der Waals surface area contributed by atoms with Gasteiger partial charge in [-0.25, -0.2) is 9.18 Å². The summed E-state index contributed by atoms with van der Waals surface area (Å²) >= 11 is 0. The highest BCUT2D eigenvalue weighted by Crippen LogP contribution is 2.31. The second-order valence-electron chi connectivity index (χ2n) is 5.29. The van der Waals surface area contributed by atoms with E-state index in [0.29, 0.717) is 18.1 Å². The quantitative estimate of drug-likeness (QED) is 0.603. The predicted molar refractivity (Wildman–Crippen MR) is 68.3 cm³/mol. The van der Waals surface area contributed by atoms with Crippen molar-refractivity contribution in [2.24, 2.45) is 5.92 Å². The van der Waals surface area contributed by atoms with Crippen molar-refractivity contribution in [1.29, 1.82) is 0 Å². The Morgan fingerprint density at radius 3 is 2.43 bits per heavy atom. The Hall–Kier alpha value is -1.59. The van der Waals surface area contributed by atoms with Gasteiger partial charge in [-0.1, -0.05) is 19.3 Å². The Bertz CT molecular complexity index is 505. The Morgan fingerprint density at radius 2 is 1.86 bits per heavy atom. The lowest BCUT2D eigenvalue weighted by Crippen LogP contribution is -2.17. The van der Waals surface area contributed by atoms with Crippen molar-refractivity contribution >= 4 is 5.97 Å². The van der Waals surface area contributed by atoms with Gasteiger partial charge in [-0.15, -0.1) is 0 Å². The number of benzene rings is 1. The van der Waals surface area contributed by atoms with E-state index in [0.717, 1.165) is 31.7 Å². The van der Waals surface area contributed by atoms with Crippen LogP contribution in [0.4, 0.5) is 17.6 Å². The minimum absolute atomic E-state index is 0.198. The number of rotatable bonds is 3. The Kier molecular flexibility index (Phi) is 4.85. The SMILES string of the molecule is O=C(OCC1CCCCC1)c1ccc(C(F)(F)F)c(F)c1. The van der Waals surface area contributed by atoms with Crippen LogP contribution in [0.3, 0.4) is 0 Å². The summed E-state index contributed by atoms with van der Waals surface area (Å²) in [5.74, 6) is -1.95. The van der Waals surface area contributed by atoms with Gasteiger partial charge in [-0.2, -0.15) is 13.2 Å². The fourth-order valence-corrected chi connectivity index (χ4v) is 2.50.